The Morgan fingerprint density at radius 2 is 2.12 bits per heavy atom. The summed E-state index contributed by atoms with van der Waals surface area (Å²) in [7, 11) is 0. The van der Waals surface area contributed by atoms with Crippen LogP contribution in [0.1, 0.15) is 46.5 Å². The smallest absolute Gasteiger partial charge is 0.0791 e. The number of hydrogen-bond donors (Lipinski definition) is 2. The van der Waals surface area contributed by atoms with Gasteiger partial charge in [0, 0.05) is 25.2 Å². The second-order valence-corrected chi connectivity index (χ2v) is 5.04. The molecule has 0 radical (unpaired) electrons. The van der Waals surface area contributed by atoms with Crippen LogP contribution in [0.15, 0.2) is 0 Å². The number of aliphatic hydroxyl groups excluding tert-OH is 1. The molecule has 0 aromatic rings. The molecule has 0 spiro atoms. The first kappa shape index (κ1) is 13.9. The van der Waals surface area contributed by atoms with E-state index >= 15 is 0 Å². The Kier molecular flexibility index (Phi) is 6.32. The zero-order chi connectivity index (χ0) is 12.0. The van der Waals surface area contributed by atoms with Gasteiger partial charge in [-0.2, -0.15) is 0 Å². The molecule has 0 amide bonds. The summed E-state index contributed by atoms with van der Waals surface area (Å²) in [5, 5.41) is 13.2. The van der Waals surface area contributed by atoms with Crippen molar-refractivity contribution >= 4 is 0 Å². The van der Waals surface area contributed by atoms with Crippen LogP contribution in [0.25, 0.3) is 0 Å². The van der Waals surface area contributed by atoms with Crippen LogP contribution in [0.4, 0.5) is 0 Å². The van der Waals surface area contributed by atoms with Crippen LogP contribution in [0, 0.1) is 0 Å². The van der Waals surface area contributed by atoms with E-state index in [9.17, 15) is 5.11 Å². The van der Waals surface area contributed by atoms with Crippen LogP contribution in [-0.4, -0.2) is 47.8 Å². The number of rotatable bonds is 7. The Labute approximate surface area is 100 Å². The lowest BCUT2D eigenvalue weighted by Crippen LogP contribution is -2.43. The number of nitrogens with zero attached hydrogens (tertiary/aromatic N) is 1. The molecule has 96 valence electrons. The molecule has 1 fully saturated rings. The van der Waals surface area contributed by atoms with Crippen molar-refractivity contribution in [1.29, 1.82) is 0 Å². The summed E-state index contributed by atoms with van der Waals surface area (Å²) in [5.41, 5.74) is 0. The summed E-state index contributed by atoms with van der Waals surface area (Å²) in [6.07, 6.45) is 4.70. The molecule has 1 aliphatic rings. The molecule has 1 heterocycles. The summed E-state index contributed by atoms with van der Waals surface area (Å²) in [5.74, 6) is 0. The van der Waals surface area contributed by atoms with Crippen molar-refractivity contribution in [2.75, 3.05) is 19.6 Å². The van der Waals surface area contributed by atoms with Gasteiger partial charge in [-0.15, -0.1) is 0 Å². The highest BCUT2D eigenvalue weighted by molar-refractivity contribution is 4.85. The highest BCUT2D eigenvalue weighted by atomic mass is 16.3. The predicted molar refractivity (Wildman–Crippen MR) is 68.6 cm³/mol. The molecule has 0 aliphatic carbocycles. The van der Waals surface area contributed by atoms with Crippen LogP contribution in [0.3, 0.4) is 0 Å². The molecule has 16 heavy (non-hydrogen) atoms. The van der Waals surface area contributed by atoms with E-state index in [-0.39, 0.29) is 6.10 Å². The Morgan fingerprint density at radius 3 is 2.75 bits per heavy atom. The average molecular weight is 228 g/mol. The molecule has 0 aromatic carbocycles. The van der Waals surface area contributed by atoms with Gasteiger partial charge >= 0.3 is 0 Å². The minimum Gasteiger partial charge on any atom is -0.390 e. The third-order valence-corrected chi connectivity index (χ3v) is 3.65. The van der Waals surface area contributed by atoms with Gasteiger partial charge in [0.2, 0.25) is 0 Å². The van der Waals surface area contributed by atoms with Crippen molar-refractivity contribution in [3.05, 3.63) is 0 Å². The van der Waals surface area contributed by atoms with Crippen LogP contribution in [0.2, 0.25) is 0 Å². The van der Waals surface area contributed by atoms with Crippen molar-refractivity contribution in [2.45, 2.75) is 64.6 Å². The molecule has 3 atom stereocenters. The number of aliphatic hydroxyl groups is 1. The van der Waals surface area contributed by atoms with Crippen molar-refractivity contribution in [3.63, 3.8) is 0 Å². The molecule has 0 aromatic heterocycles. The van der Waals surface area contributed by atoms with Crippen LogP contribution >= 0.6 is 0 Å². The van der Waals surface area contributed by atoms with Gasteiger partial charge in [0.05, 0.1) is 6.10 Å². The largest absolute Gasteiger partial charge is 0.390 e. The molecule has 3 nitrogen and oxygen atoms in total. The molecule has 1 rings (SSSR count). The maximum atomic E-state index is 9.96. The number of nitrogens with one attached hydrogen (secondary N) is 1. The van der Waals surface area contributed by atoms with Gasteiger partial charge in [-0.25, -0.2) is 0 Å². The molecular weight excluding hydrogens is 200 g/mol. The quantitative estimate of drug-likeness (QED) is 0.650. The van der Waals surface area contributed by atoms with Crippen molar-refractivity contribution in [3.8, 4) is 0 Å². The van der Waals surface area contributed by atoms with Gasteiger partial charge in [-0.3, -0.25) is 4.90 Å². The van der Waals surface area contributed by atoms with Gasteiger partial charge in [0.25, 0.3) is 0 Å². The van der Waals surface area contributed by atoms with E-state index in [1.807, 2.05) is 0 Å². The van der Waals surface area contributed by atoms with E-state index in [0.717, 1.165) is 26.1 Å². The minimum absolute atomic E-state index is 0.221. The highest BCUT2D eigenvalue weighted by Crippen LogP contribution is 2.25. The first-order chi connectivity index (χ1) is 7.69. The SMILES string of the molecule is CCCNCC(O)CN1C(C)CCC1CC. The van der Waals surface area contributed by atoms with Crippen molar-refractivity contribution < 1.29 is 5.11 Å². The summed E-state index contributed by atoms with van der Waals surface area (Å²) < 4.78 is 0. The Bertz CT molecular complexity index is 187. The highest BCUT2D eigenvalue weighted by Gasteiger charge is 2.30. The maximum Gasteiger partial charge on any atom is 0.0791 e. The van der Waals surface area contributed by atoms with E-state index < -0.39 is 0 Å². The van der Waals surface area contributed by atoms with Gasteiger partial charge in [-0.05, 0) is 39.2 Å². The zero-order valence-electron chi connectivity index (χ0n) is 11.1. The van der Waals surface area contributed by atoms with E-state index in [2.05, 4.69) is 31.0 Å². The van der Waals surface area contributed by atoms with Gasteiger partial charge in [0.1, 0.15) is 0 Å². The maximum absolute atomic E-state index is 9.96. The van der Waals surface area contributed by atoms with E-state index in [1.165, 1.54) is 19.3 Å². The summed E-state index contributed by atoms with van der Waals surface area (Å²) in [4.78, 5) is 2.48. The fraction of sp³-hybridized carbons (Fsp3) is 1.00. The normalized spacial score (nSPS) is 28.5. The van der Waals surface area contributed by atoms with Crippen LogP contribution in [-0.2, 0) is 0 Å². The number of β-amino-alcohol motifs (C(OH)–C–C–N with tert-alkyl or cyclic N) is 1. The van der Waals surface area contributed by atoms with Gasteiger partial charge in [0.15, 0.2) is 0 Å². The standard InChI is InChI=1S/C13H28N2O/c1-4-8-14-9-13(16)10-15-11(3)6-7-12(15)5-2/h11-14,16H,4-10H2,1-3H3. The molecule has 3 unspecified atom stereocenters. The monoisotopic (exact) mass is 228 g/mol. The average Bonchev–Trinajstić information content (AvgIpc) is 2.61. The fourth-order valence-electron chi connectivity index (χ4n) is 2.65. The second-order valence-electron chi connectivity index (χ2n) is 5.04. The Morgan fingerprint density at radius 1 is 1.38 bits per heavy atom. The van der Waals surface area contributed by atoms with Crippen molar-refractivity contribution in [1.82, 2.24) is 10.2 Å². The first-order valence-electron chi connectivity index (χ1n) is 6.83. The first-order valence-corrected chi connectivity index (χ1v) is 6.83. The lowest BCUT2D eigenvalue weighted by molar-refractivity contribution is 0.0855. The van der Waals surface area contributed by atoms with E-state index in [4.69, 9.17) is 0 Å². The van der Waals surface area contributed by atoms with Crippen LogP contribution in [0.5, 0.6) is 0 Å². The van der Waals surface area contributed by atoms with Gasteiger partial charge in [-0.1, -0.05) is 13.8 Å². The van der Waals surface area contributed by atoms with Crippen molar-refractivity contribution in [2.24, 2.45) is 0 Å². The van der Waals surface area contributed by atoms with Crippen LogP contribution < -0.4 is 5.32 Å². The zero-order valence-corrected chi connectivity index (χ0v) is 11.1. The summed E-state index contributed by atoms with van der Waals surface area (Å²) in [6, 6.07) is 1.33. The second kappa shape index (κ2) is 7.25. The third kappa shape index (κ3) is 4.04. The topological polar surface area (TPSA) is 35.5 Å². The number of hydrogen-bond acceptors (Lipinski definition) is 3. The van der Waals surface area contributed by atoms with E-state index in [0.29, 0.717) is 12.1 Å². The predicted octanol–water partition coefficient (Wildman–Crippen LogP) is 1.61. The Balaban J connectivity index is 2.28. The fourth-order valence-corrected chi connectivity index (χ4v) is 2.65. The molecule has 0 bridgehead atoms. The summed E-state index contributed by atoms with van der Waals surface area (Å²) in [6.45, 7) is 9.24. The Hall–Kier alpha value is -0.120. The minimum atomic E-state index is -0.221. The molecule has 2 N–H and O–H groups in total. The third-order valence-electron chi connectivity index (χ3n) is 3.65. The van der Waals surface area contributed by atoms with Gasteiger partial charge < -0.3 is 10.4 Å². The molecule has 1 aliphatic heterocycles. The lowest BCUT2D eigenvalue weighted by atomic mass is 10.1. The lowest BCUT2D eigenvalue weighted by Gasteiger charge is -2.29. The molecule has 1 saturated heterocycles. The summed E-state index contributed by atoms with van der Waals surface area (Å²) >= 11 is 0. The molecule has 3 heteroatoms. The molecular formula is C13H28N2O. The number of likely N-dealkylation sites (tertiary alicyclic amines) is 1. The molecule has 0 saturated carbocycles. The van der Waals surface area contributed by atoms with E-state index in [1.54, 1.807) is 0 Å².